The first-order valence-corrected chi connectivity index (χ1v) is 7.61. The van der Waals surface area contributed by atoms with E-state index in [0.717, 1.165) is 6.54 Å². The van der Waals surface area contributed by atoms with Crippen molar-refractivity contribution < 1.29 is 0 Å². The van der Waals surface area contributed by atoms with E-state index < -0.39 is 0 Å². The second-order valence-electron chi connectivity index (χ2n) is 5.52. The summed E-state index contributed by atoms with van der Waals surface area (Å²) in [5, 5.41) is 3.67. The molecule has 2 atom stereocenters. The van der Waals surface area contributed by atoms with Crippen molar-refractivity contribution in [2.75, 3.05) is 6.54 Å². The Hall–Kier alpha value is -1.67. The van der Waals surface area contributed by atoms with E-state index in [1.807, 2.05) is 18.5 Å². The summed E-state index contributed by atoms with van der Waals surface area (Å²) in [5.41, 5.74) is 4.35. The molecule has 0 saturated carbocycles. The van der Waals surface area contributed by atoms with E-state index in [1.165, 1.54) is 36.0 Å². The Bertz CT molecular complexity index is 550. The molecule has 1 aliphatic carbocycles. The largest absolute Gasteiger partial charge is 0.310 e. The van der Waals surface area contributed by atoms with Crippen LogP contribution >= 0.6 is 0 Å². The molecule has 0 fully saturated rings. The zero-order valence-corrected chi connectivity index (χ0v) is 12.0. The van der Waals surface area contributed by atoms with Crippen LogP contribution in [0.2, 0.25) is 0 Å². The maximum atomic E-state index is 4.30. The molecule has 1 N–H and O–H groups in total. The fraction of sp³-hybridized carbons (Fsp3) is 0.389. The van der Waals surface area contributed by atoms with Gasteiger partial charge in [0.1, 0.15) is 0 Å². The monoisotopic (exact) mass is 266 g/mol. The molecule has 2 heteroatoms. The lowest BCUT2D eigenvalue weighted by Gasteiger charge is -2.33. The summed E-state index contributed by atoms with van der Waals surface area (Å²) in [7, 11) is 0. The van der Waals surface area contributed by atoms with E-state index in [4.69, 9.17) is 0 Å². The minimum absolute atomic E-state index is 0.371. The lowest BCUT2D eigenvalue weighted by molar-refractivity contribution is 0.408. The Labute approximate surface area is 121 Å². The Kier molecular flexibility index (Phi) is 4.12. The van der Waals surface area contributed by atoms with Gasteiger partial charge in [-0.25, -0.2) is 0 Å². The summed E-state index contributed by atoms with van der Waals surface area (Å²) in [6.07, 6.45) is 7.61. The lowest BCUT2D eigenvalue weighted by atomic mass is 9.77. The van der Waals surface area contributed by atoms with Crippen molar-refractivity contribution >= 4 is 0 Å². The Balaban J connectivity index is 1.97. The van der Waals surface area contributed by atoms with Crippen LogP contribution in [-0.4, -0.2) is 11.5 Å². The van der Waals surface area contributed by atoms with E-state index in [-0.39, 0.29) is 0 Å². The average Bonchev–Trinajstić information content (AvgIpc) is 2.53. The van der Waals surface area contributed by atoms with Crippen molar-refractivity contribution in [1.29, 1.82) is 0 Å². The van der Waals surface area contributed by atoms with Gasteiger partial charge in [-0.2, -0.15) is 0 Å². The number of likely N-dealkylation sites (N-methyl/N-ethyl adjacent to an activating group) is 1. The minimum atomic E-state index is 0.371. The topological polar surface area (TPSA) is 24.9 Å². The zero-order chi connectivity index (χ0) is 13.8. The molecule has 2 nitrogen and oxygen atoms in total. The highest BCUT2D eigenvalue weighted by Gasteiger charge is 2.28. The van der Waals surface area contributed by atoms with Crippen molar-refractivity contribution in [3.8, 4) is 0 Å². The molecule has 104 valence electrons. The Morgan fingerprint density at radius 3 is 2.95 bits per heavy atom. The lowest BCUT2D eigenvalue weighted by Crippen LogP contribution is -2.29. The number of fused-ring (bicyclic) bond motifs is 1. The molecule has 2 aromatic rings. The van der Waals surface area contributed by atoms with E-state index in [9.17, 15) is 0 Å². The van der Waals surface area contributed by atoms with Gasteiger partial charge in [-0.1, -0.05) is 37.3 Å². The standard InChI is InChI=1S/C18H22N2/c1-2-20-18(15-9-6-12-19-13-15)17-11-5-8-14-7-3-4-10-16(14)17/h3-4,6-7,9-10,12-13,17-18,20H,2,5,8,11H2,1H3. The Morgan fingerprint density at radius 1 is 1.25 bits per heavy atom. The predicted octanol–water partition coefficient (Wildman–Crippen LogP) is 3.85. The SMILES string of the molecule is CCNC(c1cccnc1)C1CCCc2ccccc21. The highest BCUT2D eigenvalue weighted by atomic mass is 14.9. The summed E-state index contributed by atoms with van der Waals surface area (Å²) < 4.78 is 0. The minimum Gasteiger partial charge on any atom is -0.310 e. The van der Waals surface area contributed by atoms with E-state index >= 15 is 0 Å². The van der Waals surface area contributed by atoms with E-state index in [0.29, 0.717) is 12.0 Å². The van der Waals surface area contributed by atoms with Gasteiger partial charge in [0.15, 0.2) is 0 Å². The maximum absolute atomic E-state index is 4.30. The molecule has 20 heavy (non-hydrogen) atoms. The van der Waals surface area contributed by atoms with Gasteiger partial charge in [0, 0.05) is 24.4 Å². The molecule has 2 unspecified atom stereocenters. The van der Waals surface area contributed by atoms with Crippen LogP contribution < -0.4 is 5.32 Å². The molecule has 3 rings (SSSR count). The van der Waals surface area contributed by atoms with Crippen LogP contribution in [0.3, 0.4) is 0 Å². The second kappa shape index (κ2) is 6.19. The Morgan fingerprint density at radius 2 is 2.15 bits per heavy atom. The van der Waals surface area contributed by atoms with Gasteiger partial charge in [0.2, 0.25) is 0 Å². The predicted molar refractivity (Wildman–Crippen MR) is 82.8 cm³/mol. The van der Waals surface area contributed by atoms with Crippen LogP contribution in [0.4, 0.5) is 0 Å². The van der Waals surface area contributed by atoms with Gasteiger partial charge in [0.05, 0.1) is 0 Å². The molecular formula is C18H22N2. The number of aryl methyl sites for hydroxylation is 1. The molecule has 1 aromatic heterocycles. The van der Waals surface area contributed by atoms with Crippen LogP contribution in [0, 0.1) is 0 Å². The first kappa shape index (κ1) is 13.3. The fourth-order valence-corrected chi connectivity index (χ4v) is 3.41. The maximum Gasteiger partial charge on any atom is 0.0404 e. The van der Waals surface area contributed by atoms with Crippen LogP contribution in [0.5, 0.6) is 0 Å². The molecule has 0 bridgehead atoms. The number of pyridine rings is 1. The smallest absolute Gasteiger partial charge is 0.0404 e. The van der Waals surface area contributed by atoms with Crippen LogP contribution in [0.25, 0.3) is 0 Å². The number of benzene rings is 1. The third-order valence-electron chi connectivity index (χ3n) is 4.29. The number of aromatic nitrogens is 1. The molecule has 0 radical (unpaired) electrons. The number of hydrogen-bond donors (Lipinski definition) is 1. The molecule has 1 aliphatic rings. The van der Waals surface area contributed by atoms with Crippen molar-refractivity contribution in [1.82, 2.24) is 10.3 Å². The fourth-order valence-electron chi connectivity index (χ4n) is 3.41. The summed E-state index contributed by atoms with van der Waals surface area (Å²) >= 11 is 0. The average molecular weight is 266 g/mol. The molecule has 0 amide bonds. The van der Waals surface area contributed by atoms with Crippen molar-refractivity contribution in [2.45, 2.75) is 38.1 Å². The third-order valence-corrected chi connectivity index (χ3v) is 4.29. The molecule has 1 heterocycles. The van der Waals surface area contributed by atoms with Gasteiger partial charge >= 0.3 is 0 Å². The van der Waals surface area contributed by atoms with Gasteiger partial charge in [0.25, 0.3) is 0 Å². The number of rotatable bonds is 4. The van der Waals surface area contributed by atoms with Crippen molar-refractivity contribution in [3.63, 3.8) is 0 Å². The summed E-state index contributed by atoms with van der Waals surface area (Å²) in [5.74, 6) is 0.559. The van der Waals surface area contributed by atoms with Gasteiger partial charge in [-0.05, 0) is 48.6 Å². The normalized spacial score (nSPS) is 19.4. The van der Waals surface area contributed by atoms with E-state index in [2.05, 4.69) is 47.6 Å². The number of hydrogen-bond acceptors (Lipinski definition) is 2. The van der Waals surface area contributed by atoms with Crippen LogP contribution in [0.1, 0.15) is 48.4 Å². The quantitative estimate of drug-likeness (QED) is 0.909. The second-order valence-corrected chi connectivity index (χ2v) is 5.52. The van der Waals surface area contributed by atoms with Gasteiger partial charge < -0.3 is 5.32 Å². The number of nitrogens with one attached hydrogen (secondary N) is 1. The van der Waals surface area contributed by atoms with Gasteiger partial charge in [-0.3, -0.25) is 4.98 Å². The summed E-state index contributed by atoms with van der Waals surface area (Å²) in [4.78, 5) is 4.30. The first-order valence-electron chi connectivity index (χ1n) is 7.61. The number of nitrogens with zero attached hydrogens (tertiary/aromatic N) is 1. The molecule has 0 saturated heterocycles. The zero-order valence-electron chi connectivity index (χ0n) is 12.0. The highest BCUT2D eigenvalue weighted by molar-refractivity contribution is 5.35. The van der Waals surface area contributed by atoms with Crippen LogP contribution in [-0.2, 0) is 6.42 Å². The van der Waals surface area contributed by atoms with Crippen molar-refractivity contribution in [3.05, 3.63) is 65.5 Å². The summed E-state index contributed by atoms with van der Waals surface area (Å²) in [6, 6.07) is 13.5. The molecule has 1 aromatic carbocycles. The summed E-state index contributed by atoms with van der Waals surface area (Å²) in [6.45, 7) is 3.16. The first-order chi connectivity index (χ1) is 9.90. The van der Waals surface area contributed by atoms with Gasteiger partial charge in [-0.15, -0.1) is 0 Å². The molecular weight excluding hydrogens is 244 g/mol. The van der Waals surface area contributed by atoms with E-state index in [1.54, 1.807) is 0 Å². The third kappa shape index (κ3) is 2.61. The van der Waals surface area contributed by atoms with Crippen molar-refractivity contribution in [2.24, 2.45) is 0 Å². The molecule has 0 aliphatic heterocycles. The molecule has 0 spiro atoms. The van der Waals surface area contributed by atoms with Crippen LogP contribution in [0.15, 0.2) is 48.8 Å². The highest BCUT2D eigenvalue weighted by Crippen LogP contribution is 2.39.